The van der Waals surface area contributed by atoms with Gasteiger partial charge in [-0.1, -0.05) is 11.6 Å². The van der Waals surface area contributed by atoms with E-state index in [1.54, 1.807) is 30.3 Å². The summed E-state index contributed by atoms with van der Waals surface area (Å²) in [5, 5.41) is 8.34. The number of ether oxygens (including phenoxy) is 1. The number of carbonyl (C=O) groups is 1. The molecule has 2 aromatic heterocycles. The first-order valence-electron chi connectivity index (χ1n) is 9.19. The van der Waals surface area contributed by atoms with E-state index in [4.69, 9.17) is 16.3 Å². The third-order valence-corrected chi connectivity index (χ3v) is 4.43. The van der Waals surface area contributed by atoms with E-state index in [9.17, 15) is 18.0 Å². The minimum atomic E-state index is -4.64. The predicted molar refractivity (Wildman–Crippen MR) is 113 cm³/mol. The van der Waals surface area contributed by atoms with Gasteiger partial charge in [0.25, 0.3) is 5.95 Å². The largest absolute Gasteiger partial charge is 0.439 e. The Balaban J connectivity index is 1.38. The third-order valence-electron chi connectivity index (χ3n) is 4.11. The molecule has 0 spiro atoms. The van der Waals surface area contributed by atoms with E-state index in [1.807, 2.05) is 0 Å². The maximum atomic E-state index is 13.0. The van der Waals surface area contributed by atoms with Crippen LogP contribution >= 0.6 is 11.6 Å². The molecular weight excluding hydrogens is 463 g/mol. The van der Waals surface area contributed by atoms with Gasteiger partial charge in [0.15, 0.2) is 0 Å². The Labute approximate surface area is 189 Å². The molecule has 9 nitrogen and oxygen atoms in total. The Morgan fingerprint density at radius 1 is 1.03 bits per heavy atom. The van der Waals surface area contributed by atoms with Crippen LogP contribution in [0, 0.1) is 0 Å². The van der Waals surface area contributed by atoms with Gasteiger partial charge in [0.05, 0.1) is 10.6 Å². The smallest absolute Gasteiger partial charge is 0.417 e. The van der Waals surface area contributed by atoms with E-state index in [-0.39, 0.29) is 17.5 Å². The molecule has 4 aromatic rings. The molecule has 0 atom stereocenters. The molecule has 0 radical (unpaired) electrons. The number of amides is 2. The maximum Gasteiger partial charge on any atom is 0.417 e. The Morgan fingerprint density at radius 2 is 1.76 bits per heavy atom. The number of halogens is 4. The van der Waals surface area contributed by atoms with Crippen LogP contribution in [0.5, 0.6) is 11.6 Å². The molecule has 2 aromatic carbocycles. The standard InChI is InChI=1S/C20H13ClF3N7O2/c21-16-6-3-13(9-15(16)20(22,23)24)29-19(32)28-12-1-4-14(5-2-12)33-17-7-8-26-18(30-17)31-11-25-10-27-31/h1-11H,(H2,28,29,32). The summed E-state index contributed by atoms with van der Waals surface area (Å²) >= 11 is 5.58. The second kappa shape index (κ2) is 9.12. The van der Waals surface area contributed by atoms with Crippen molar-refractivity contribution in [2.24, 2.45) is 0 Å². The van der Waals surface area contributed by atoms with Gasteiger partial charge >= 0.3 is 12.2 Å². The average molecular weight is 476 g/mol. The molecule has 0 unspecified atom stereocenters. The first-order valence-corrected chi connectivity index (χ1v) is 9.56. The number of urea groups is 1. The van der Waals surface area contributed by atoms with E-state index < -0.39 is 22.8 Å². The van der Waals surface area contributed by atoms with Crippen molar-refractivity contribution in [2.45, 2.75) is 6.18 Å². The quantitative estimate of drug-likeness (QED) is 0.412. The fourth-order valence-corrected chi connectivity index (χ4v) is 2.88. The summed E-state index contributed by atoms with van der Waals surface area (Å²) in [6, 6.07) is 10.2. The summed E-state index contributed by atoms with van der Waals surface area (Å²) in [6.07, 6.45) is -0.346. The van der Waals surface area contributed by atoms with Crippen molar-refractivity contribution >= 4 is 29.0 Å². The predicted octanol–water partition coefficient (Wildman–Crippen LogP) is 5.17. The molecule has 0 aliphatic heterocycles. The lowest BCUT2D eigenvalue weighted by Crippen LogP contribution is -2.19. The SMILES string of the molecule is O=C(Nc1ccc(Oc2ccnc(-n3cncn3)n2)cc1)Nc1ccc(Cl)c(C(F)(F)F)c1. The highest BCUT2D eigenvalue weighted by Gasteiger charge is 2.33. The van der Waals surface area contributed by atoms with Crippen molar-refractivity contribution in [3.05, 3.63) is 78.0 Å². The number of nitrogens with zero attached hydrogens (tertiary/aromatic N) is 5. The van der Waals surface area contributed by atoms with Crippen LogP contribution in [0.3, 0.4) is 0 Å². The van der Waals surface area contributed by atoms with Crippen LogP contribution in [0.4, 0.5) is 29.3 Å². The van der Waals surface area contributed by atoms with Gasteiger partial charge in [-0.15, -0.1) is 0 Å². The fraction of sp³-hybridized carbons (Fsp3) is 0.0500. The van der Waals surface area contributed by atoms with Crippen molar-refractivity contribution in [1.29, 1.82) is 0 Å². The Morgan fingerprint density at radius 3 is 2.45 bits per heavy atom. The van der Waals surface area contributed by atoms with Gasteiger partial charge in [0.2, 0.25) is 5.88 Å². The second-order valence-electron chi connectivity index (χ2n) is 6.43. The van der Waals surface area contributed by atoms with E-state index in [1.165, 1.54) is 29.6 Å². The van der Waals surface area contributed by atoms with E-state index in [0.29, 0.717) is 11.4 Å². The van der Waals surface area contributed by atoms with Crippen molar-refractivity contribution in [2.75, 3.05) is 10.6 Å². The number of hydrogen-bond acceptors (Lipinski definition) is 6. The van der Waals surface area contributed by atoms with E-state index in [0.717, 1.165) is 12.1 Å². The van der Waals surface area contributed by atoms with Crippen LogP contribution in [0.25, 0.3) is 5.95 Å². The number of nitrogens with one attached hydrogen (secondary N) is 2. The number of benzene rings is 2. The zero-order chi connectivity index (χ0) is 23.4. The molecule has 13 heteroatoms. The number of alkyl halides is 3. The highest BCUT2D eigenvalue weighted by Crippen LogP contribution is 2.36. The van der Waals surface area contributed by atoms with Crippen LogP contribution in [0.2, 0.25) is 5.02 Å². The topological polar surface area (TPSA) is 107 Å². The molecule has 4 rings (SSSR count). The Kier molecular flexibility index (Phi) is 6.09. The number of hydrogen-bond donors (Lipinski definition) is 2. The lowest BCUT2D eigenvalue weighted by molar-refractivity contribution is -0.137. The molecule has 0 saturated heterocycles. The monoisotopic (exact) mass is 475 g/mol. The summed E-state index contributed by atoms with van der Waals surface area (Å²) in [6.45, 7) is 0. The molecule has 0 bridgehead atoms. The van der Waals surface area contributed by atoms with Crippen molar-refractivity contribution < 1.29 is 22.7 Å². The second-order valence-corrected chi connectivity index (χ2v) is 6.84. The summed E-state index contributed by atoms with van der Waals surface area (Å²) < 4.78 is 45.9. The molecular formula is C20H13ClF3N7O2. The highest BCUT2D eigenvalue weighted by atomic mass is 35.5. The maximum absolute atomic E-state index is 13.0. The van der Waals surface area contributed by atoms with Crippen molar-refractivity contribution in [3.63, 3.8) is 0 Å². The molecule has 0 fully saturated rings. The first-order chi connectivity index (χ1) is 15.8. The summed E-state index contributed by atoms with van der Waals surface area (Å²) in [5.74, 6) is 0.963. The Bertz CT molecular complexity index is 1270. The lowest BCUT2D eigenvalue weighted by Gasteiger charge is -2.12. The van der Waals surface area contributed by atoms with Crippen LogP contribution in [0.1, 0.15) is 5.56 Å². The van der Waals surface area contributed by atoms with Gasteiger partial charge in [0, 0.05) is 23.6 Å². The molecule has 0 saturated carbocycles. The number of carbonyl (C=O) groups excluding carboxylic acids is 1. The summed E-state index contributed by atoms with van der Waals surface area (Å²) in [7, 11) is 0. The molecule has 2 heterocycles. The van der Waals surface area contributed by atoms with Crippen LogP contribution in [-0.2, 0) is 6.18 Å². The number of rotatable bonds is 5. The summed E-state index contributed by atoms with van der Waals surface area (Å²) in [5.41, 5.74) is -0.716. The van der Waals surface area contributed by atoms with Crippen LogP contribution in [-0.4, -0.2) is 30.8 Å². The van der Waals surface area contributed by atoms with Crippen LogP contribution < -0.4 is 15.4 Å². The van der Waals surface area contributed by atoms with Gasteiger partial charge < -0.3 is 15.4 Å². The molecule has 0 aliphatic rings. The highest BCUT2D eigenvalue weighted by molar-refractivity contribution is 6.31. The Hall–Kier alpha value is -4.19. The normalized spacial score (nSPS) is 11.2. The van der Waals surface area contributed by atoms with E-state index >= 15 is 0 Å². The zero-order valence-corrected chi connectivity index (χ0v) is 17.2. The lowest BCUT2D eigenvalue weighted by atomic mass is 10.2. The minimum absolute atomic E-state index is 0.0591. The zero-order valence-electron chi connectivity index (χ0n) is 16.4. The fourth-order valence-electron chi connectivity index (χ4n) is 2.65. The third kappa shape index (κ3) is 5.54. The number of aromatic nitrogens is 5. The average Bonchev–Trinajstić information content (AvgIpc) is 3.31. The van der Waals surface area contributed by atoms with Gasteiger partial charge in [-0.25, -0.2) is 14.8 Å². The van der Waals surface area contributed by atoms with Gasteiger partial charge in [-0.2, -0.15) is 27.9 Å². The van der Waals surface area contributed by atoms with Gasteiger partial charge in [0.1, 0.15) is 18.4 Å². The van der Waals surface area contributed by atoms with Crippen LogP contribution in [0.15, 0.2) is 67.4 Å². The first kappa shape index (κ1) is 22.0. The number of anilines is 2. The molecule has 168 valence electrons. The molecule has 2 N–H and O–H groups in total. The molecule has 2 amide bonds. The van der Waals surface area contributed by atoms with E-state index in [2.05, 4.69) is 30.7 Å². The summed E-state index contributed by atoms with van der Waals surface area (Å²) in [4.78, 5) is 24.3. The minimum Gasteiger partial charge on any atom is -0.439 e. The van der Waals surface area contributed by atoms with Crippen molar-refractivity contribution in [1.82, 2.24) is 24.7 Å². The molecule has 33 heavy (non-hydrogen) atoms. The molecule has 0 aliphatic carbocycles. The van der Waals surface area contributed by atoms with Gasteiger partial charge in [-0.3, -0.25) is 0 Å². The van der Waals surface area contributed by atoms with Crippen molar-refractivity contribution in [3.8, 4) is 17.6 Å². The van der Waals surface area contributed by atoms with Gasteiger partial charge in [-0.05, 0) is 42.5 Å².